The van der Waals surface area contributed by atoms with Crippen LogP contribution in [0.3, 0.4) is 0 Å². The number of hydrogen-bond donors (Lipinski definition) is 3. The van der Waals surface area contributed by atoms with Gasteiger partial charge in [-0.05, 0) is 55.3 Å². The average molecular weight is 399 g/mol. The second-order valence-electron chi connectivity index (χ2n) is 7.46. The van der Waals surface area contributed by atoms with Crippen molar-refractivity contribution in [3.05, 3.63) is 35.5 Å². The fourth-order valence-corrected chi connectivity index (χ4v) is 4.30. The Bertz CT molecular complexity index is 997. The lowest BCUT2D eigenvalue weighted by Gasteiger charge is -2.31. The minimum absolute atomic E-state index is 0.275. The SMILES string of the molecule is OC1CCN(c2ccc(Nc3nc(NC4CC4)c4sccc4n3)cc2F)CC1. The van der Waals surface area contributed by atoms with E-state index < -0.39 is 0 Å². The van der Waals surface area contributed by atoms with Gasteiger partial charge in [0.05, 0.1) is 22.0 Å². The first-order valence-electron chi connectivity index (χ1n) is 9.67. The molecule has 6 nitrogen and oxygen atoms in total. The Labute approximate surface area is 166 Å². The van der Waals surface area contributed by atoms with Crippen LogP contribution in [0.2, 0.25) is 0 Å². The van der Waals surface area contributed by atoms with E-state index in [0.29, 0.717) is 49.3 Å². The third kappa shape index (κ3) is 3.62. The molecular formula is C20H22FN5OS. The molecule has 3 N–H and O–H groups in total. The molecule has 0 atom stereocenters. The van der Waals surface area contributed by atoms with Crippen LogP contribution in [0.15, 0.2) is 29.6 Å². The van der Waals surface area contributed by atoms with Gasteiger partial charge in [-0.3, -0.25) is 0 Å². The first-order valence-corrected chi connectivity index (χ1v) is 10.5. The van der Waals surface area contributed by atoms with E-state index in [0.717, 1.165) is 16.0 Å². The van der Waals surface area contributed by atoms with Crippen LogP contribution in [0.25, 0.3) is 10.2 Å². The molecule has 0 spiro atoms. The summed E-state index contributed by atoms with van der Waals surface area (Å²) < 4.78 is 15.7. The van der Waals surface area contributed by atoms with Gasteiger partial charge in [-0.15, -0.1) is 11.3 Å². The van der Waals surface area contributed by atoms with Crippen LogP contribution < -0.4 is 15.5 Å². The highest BCUT2D eigenvalue weighted by molar-refractivity contribution is 7.17. The number of benzene rings is 1. The zero-order chi connectivity index (χ0) is 19.1. The maximum absolute atomic E-state index is 14.7. The van der Waals surface area contributed by atoms with Crippen LogP contribution in [0, 0.1) is 5.82 Å². The molecule has 5 rings (SSSR count). The third-order valence-corrected chi connectivity index (χ3v) is 6.14. The van der Waals surface area contributed by atoms with Crippen LogP contribution in [0.4, 0.5) is 27.5 Å². The van der Waals surface area contributed by atoms with E-state index in [1.807, 2.05) is 22.4 Å². The lowest BCUT2D eigenvalue weighted by molar-refractivity contribution is 0.145. The second-order valence-corrected chi connectivity index (χ2v) is 8.37. The molecule has 1 saturated carbocycles. The Kier molecular flexibility index (Phi) is 4.52. The van der Waals surface area contributed by atoms with Crippen molar-refractivity contribution in [3.8, 4) is 0 Å². The first kappa shape index (κ1) is 17.6. The maximum atomic E-state index is 14.7. The van der Waals surface area contributed by atoms with Crippen molar-refractivity contribution in [2.75, 3.05) is 28.6 Å². The summed E-state index contributed by atoms with van der Waals surface area (Å²) in [6, 6.07) is 7.57. The van der Waals surface area contributed by atoms with Crippen molar-refractivity contribution in [2.45, 2.75) is 37.8 Å². The molecule has 28 heavy (non-hydrogen) atoms. The van der Waals surface area contributed by atoms with Gasteiger partial charge in [0.2, 0.25) is 5.95 Å². The predicted molar refractivity (Wildman–Crippen MR) is 111 cm³/mol. The number of anilines is 4. The highest BCUT2D eigenvalue weighted by atomic mass is 32.1. The Balaban J connectivity index is 1.37. The number of aliphatic hydroxyl groups is 1. The van der Waals surface area contributed by atoms with Gasteiger partial charge in [0.25, 0.3) is 0 Å². The molecule has 8 heteroatoms. The molecule has 0 unspecified atom stereocenters. The number of thiophene rings is 1. The fourth-order valence-electron chi connectivity index (χ4n) is 3.52. The van der Waals surface area contributed by atoms with Crippen LogP contribution in [0.5, 0.6) is 0 Å². The number of fused-ring (bicyclic) bond motifs is 1. The quantitative estimate of drug-likeness (QED) is 0.600. The maximum Gasteiger partial charge on any atom is 0.229 e. The van der Waals surface area contributed by atoms with Crippen LogP contribution in [0.1, 0.15) is 25.7 Å². The summed E-state index contributed by atoms with van der Waals surface area (Å²) in [6.07, 6.45) is 3.40. The summed E-state index contributed by atoms with van der Waals surface area (Å²) >= 11 is 1.62. The molecule has 2 fully saturated rings. The number of piperidine rings is 1. The molecule has 1 saturated heterocycles. The minimum Gasteiger partial charge on any atom is -0.393 e. The number of nitrogens with zero attached hydrogens (tertiary/aromatic N) is 3. The summed E-state index contributed by atoms with van der Waals surface area (Å²) in [5, 5.41) is 18.2. The molecule has 0 amide bonds. The molecule has 2 aromatic heterocycles. The van der Waals surface area contributed by atoms with Gasteiger partial charge >= 0.3 is 0 Å². The summed E-state index contributed by atoms with van der Waals surface area (Å²) in [5.74, 6) is 1.02. The largest absolute Gasteiger partial charge is 0.393 e. The molecule has 146 valence electrons. The first-order chi connectivity index (χ1) is 13.7. The zero-order valence-corrected chi connectivity index (χ0v) is 16.2. The van der Waals surface area contributed by atoms with Crippen molar-refractivity contribution < 1.29 is 9.50 Å². The van der Waals surface area contributed by atoms with Gasteiger partial charge in [-0.1, -0.05) is 0 Å². The lowest BCUT2D eigenvalue weighted by Crippen LogP contribution is -2.36. The van der Waals surface area contributed by atoms with E-state index in [9.17, 15) is 9.50 Å². The van der Waals surface area contributed by atoms with E-state index in [1.54, 1.807) is 17.4 Å². The van der Waals surface area contributed by atoms with E-state index in [2.05, 4.69) is 20.6 Å². The smallest absolute Gasteiger partial charge is 0.229 e. The molecule has 0 bridgehead atoms. The monoisotopic (exact) mass is 399 g/mol. The van der Waals surface area contributed by atoms with E-state index >= 15 is 0 Å². The lowest BCUT2D eigenvalue weighted by atomic mass is 10.1. The molecule has 1 aliphatic carbocycles. The number of halogens is 1. The minimum atomic E-state index is -0.283. The molecule has 3 heterocycles. The molecular weight excluding hydrogens is 377 g/mol. The average Bonchev–Trinajstić information content (AvgIpc) is 3.36. The van der Waals surface area contributed by atoms with Gasteiger partial charge < -0.3 is 20.6 Å². The van der Waals surface area contributed by atoms with Gasteiger partial charge in [-0.2, -0.15) is 4.98 Å². The molecule has 3 aromatic rings. The third-order valence-electron chi connectivity index (χ3n) is 5.23. The van der Waals surface area contributed by atoms with E-state index in [1.165, 1.54) is 18.9 Å². The van der Waals surface area contributed by atoms with Gasteiger partial charge in [0.15, 0.2) is 0 Å². The second kappa shape index (κ2) is 7.18. The number of aromatic nitrogens is 2. The van der Waals surface area contributed by atoms with Crippen molar-refractivity contribution in [1.82, 2.24) is 9.97 Å². The summed E-state index contributed by atoms with van der Waals surface area (Å²) in [7, 11) is 0. The summed E-state index contributed by atoms with van der Waals surface area (Å²) in [6.45, 7) is 1.33. The van der Waals surface area contributed by atoms with Gasteiger partial charge in [0.1, 0.15) is 11.6 Å². The number of rotatable bonds is 5. The van der Waals surface area contributed by atoms with Crippen molar-refractivity contribution in [1.29, 1.82) is 0 Å². The normalized spacial score (nSPS) is 17.9. The predicted octanol–water partition coefficient (Wildman–Crippen LogP) is 4.11. The Morgan fingerprint density at radius 2 is 1.93 bits per heavy atom. The topological polar surface area (TPSA) is 73.3 Å². The molecule has 2 aliphatic rings. The number of hydrogen-bond acceptors (Lipinski definition) is 7. The van der Waals surface area contributed by atoms with Gasteiger partial charge in [-0.25, -0.2) is 9.37 Å². The van der Waals surface area contributed by atoms with Crippen LogP contribution in [-0.4, -0.2) is 40.3 Å². The van der Waals surface area contributed by atoms with Crippen molar-refractivity contribution >= 4 is 44.7 Å². The zero-order valence-electron chi connectivity index (χ0n) is 15.4. The Hall–Kier alpha value is -2.45. The highest BCUT2D eigenvalue weighted by Crippen LogP contribution is 2.33. The Morgan fingerprint density at radius 1 is 1.11 bits per heavy atom. The number of aliphatic hydroxyl groups excluding tert-OH is 1. The molecule has 0 radical (unpaired) electrons. The molecule has 1 aliphatic heterocycles. The van der Waals surface area contributed by atoms with E-state index in [4.69, 9.17) is 0 Å². The van der Waals surface area contributed by atoms with Crippen molar-refractivity contribution in [3.63, 3.8) is 0 Å². The van der Waals surface area contributed by atoms with E-state index in [-0.39, 0.29) is 11.9 Å². The van der Waals surface area contributed by atoms with Crippen molar-refractivity contribution in [2.24, 2.45) is 0 Å². The fraction of sp³-hybridized carbons (Fsp3) is 0.400. The highest BCUT2D eigenvalue weighted by Gasteiger charge is 2.23. The molecule has 1 aromatic carbocycles. The Morgan fingerprint density at radius 3 is 2.68 bits per heavy atom. The van der Waals surface area contributed by atoms with Gasteiger partial charge in [0, 0.05) is 24.8 Å². The summed E-state index contributed by atoms with van der Waals surface area (Å²) in [4.78, 5) is 11.2. The standard InChI is InChI=1S/C20H22FN5OS/c21-15-11-13(3-4-17(15)26-8-5-14(27)6-9-26)23-20-24-16-7-10-28-18(16)19(25-20)22-12-1-2-12/h3-4,7,10-12,14,27H,1-2,5-6,8-9H2,(H2,22,23,24,25). The summed E-state index contributed by atoms with van der Waals surface area (Å²) in [5.41, 5.74) is 2.07. The van der Waals surface area contributed by atoms with Crippen LogP contribution in [-0.2, 0) is 0 Å². The van der Waals surface area contributed by atoms with Crippen LogP contribution >= 0.6 is 11.3 Å². The number of nitrogens with one attached hydrogen (secondary N) is 2.